The molecule has 0 heterocycles. The smallest absolute Gasteiger partial charge is 0.271 e. The molecule has 21 heavy (non-hydrogen) atoms. The molecule has 5 heteroatoms. The third-order valence-electron chi connectivity index (χ3n) is 2.90. The fourth-order valence-corrected chi connectivity index (χ4v) is 1.73. The normalized spacial score (nSPS) is 10.6. The number of carbonyl (C=O) groups excluding carboxylic acids is 1. The Labute approximate surface area is 122 Å². The van der Waals surface area contributed by atoms with Crippen LogP contribution in [0.15, 0.2) is 53.6 Å². The van der Waals surface area contributed by atoms with Gasteiger partial charge in [0.05, 0.1) is 6.21 Å². The first-order valence-electron chi connectivity index (χ1n) is 6.43. The van der Waals surface area contributed by atoms with Crippen molar-refractivity contribution in [3.05, 3.63) is 65.5 Å². The molecule has 108 valence electrons. The fourth-order valence-electron chi connectivity index (χ4n) is 1.73. The number of benzene rings is 2. The zero-order valence-electron chi connectivity index (χ0n) is 11.9. The second kappa shape index (κ2) is 6.65. The highest BCUT2D eigenvalue weighted by Crippen LogP contribution is 2.13. The summed E-state index contributed by atoms with van der Waals surface area (Å²) in [6, 6.07) is 13.4. The SMILES string of the molecule is CN(C)c1cccc(C(=O)NN=Cc2ccccc2F)c1. The third-order valence-corrected chi connectivity index (χ3v) is 2.90. The van der Waals surface area contributed by atoms with Gasteiger partial charge in [0.2, 0.25) is 0 Å². The van der Waals surface area contributed by atoms with Crippen molar-refractivity contribution in [1.82, 2.24) is 5.43 Å². The molecule has 0 radical (unpaired) electrons. The summed E-state index contributed by atoms with van der Waals surface area (Å²) >= 11 is 0. The first kappa shape index (κ1) is 14.7. The molecule has 0 aliphatic heterocycles. The molecule has 0 aromatic heterocycles. The Balaban J connectivity index is 2.05. The average Bonchev–Trinajstić information content (AvgIpc) is 2.49. The van der Waals surface area contributed by atoms with Gasteiger partial charge in [-0.15, -0.1) is 0 Å². The lowest BCUT2D eigenvalue weighted by atomic mass is 10.2. The van der Waals surface area contributed by atoms with Crippen LogP contribution in [-0.2, 0) is 0 Å². The maximum atomic E-state index is 13.4. The van der Waals surface area contributed by atoms with Crippen LogP contribution in [0.2, 0.25) is 0 Å². The highest BCUT2D eigenvalue weighted by Gasteiger charge is 2.06. The molecular weight excluding hydrogens is 269 g/mol. The number of amides is 1. The van der Waals surface area contributed by atoms with Crippen LogP contribution in [0.25, 0.3) is 0 Å². The Morgan fingerprint density at radius 1 is 1.19 bits per heavy atom. The standard InChI is InChI=1S/C16H16FN3O/c1-20(2)14-8-5-7-12(10-14)16(21)19-18-11-13-6-3-4-9-15(13)17/h3-11H,1-2H3,(H,19,21). The molecule has 2 aromatic carbocycles. The van der Waals surface area contributed by atoms with E-state index in [1.165, 1.54) is 12.3 Å². The minimum atomic E-state index is -0.384. The van der Waals surface area contributed by atoms with Gasteiger partial charge in [0, 0.05) is 30.9 Å². The summed E-state index contributed by atoms with van der Waals surface area (Å²) in [5, 5.41) is 3.78. The largest absolute Gasteiger partial charge is 0.378 e. The van der Waals surface area contributed by atoms with Crippen LogP contribution in [0.3, 0.4) is 0 Å². The topological polar surface area (TPSA) is 44.7 Å². The van der Waals surface area contributed by atoms with Crippen molar-refractivity contribution in [1.29, 1.82) is 0 Å². The van der Waals surface area contributed by atoms with Gasteiger partial charge < -0.3 is 4.90 Å². The molecule has 0 aliphatic carbocycles. The highest BCUT2D eigenvalue weighted by atomic mass is 19.1. The second-order valence-corrected chi connectivity index (χ2v) is 4.67. The lowest BCUT2D eigenvalue weighted by Crippen LogP contribution is -2.18. The second-order valence-electron chi connectivity index (χ2n) is 4.67. The summed E-state index contributed by atoms with van der Waals surface area (Å²) in [5.41, 5.74) is 4.12. The minimum Gasteiger partial charge on any atom is -0.378 e. The summed E-state index contributed by atoms with van der Waals surface area (Å²) in [6.07, 6.45) is 1.28. The number of nitrogens with zero attached hydrogens (tertiary/aromatic N) is 2. The van der Waals surface area contributed by atoms with Crippen molar-refractivity contribution in [3.63, 3.8) is 0 Å². The number of carbonyl (C=O) groups is 1. The minimum absolute atomic E-state index is 0.319. The summed E-state index contributed by atoms with van der Waals surface area (Å²) in [5.74, 6) is -0.726. The average molecular weight is 285 g/mol. The summed E-state index contributed by atoms with van der Waals surface area (Å²) < 4.78 is 13.4. The van der Waals surface area contributed by atoms with Gasteiger partial charge in [0.25, 0.3) is 5.91 Å². The van der Waals surface area contributed by atoms with Crippen LogP contribution in [0.1, 0.15) is 15.9 Å². The highest BCUT2D eigenvalue weighted by molar-refractivity contribution is 5.95. The Hall–Kier alpha value is -2.69. The Morgan fingerprint density at radius 3 is 2.67 bits per heavy atom. The number of hydrogen-bond donors (Lipinski definition) is 1. The van der Waals surface area contributed by atoms with E-state index in [2.05, 4.69) is 10.5 Å². The van der Waals surface area contributed by atoms with Crippen molar-refractivity contribution in [2.45, 2.75) is 0 Å². The lowest BCUT2D eigenvalue weighted by Gasteiger charge is -2.12. The predicted molar refractivity (Wildman–Crippen MR) is 82.2 cm³/mol. The van der Waals surface area contributed by atoms with Gasteiger partial charge >= 0.3 is 0 Å². The van der Waals surface area contributed by atoms with Crippen LogP contribution in [0.5, 0.6) is 0 Å². The van der Waals surface area contributed by atoms with Crippen molar-refractivity contribution in [2.75, 3.05) is 19.0 Å². The van der Waals surface area contributed by atoms with Crippen LogP contribution in [0.4, 0.5) is 10.1 Å². The van der Waals surface area contributed by atoms with Crippen molar-refractivity contribution in [3.8, 4) is 0 Å². The maximum Gasteiger partial charge on any atom is 0.271 e. The van der Waals surface area contributed by atoms with Crippen LogP contribution in [0, 0.1) is 5.82 Å². The van der Waals surface area contributed by atoms with Gasteiger partial charge in [0.15, 0.2) is 0 Å². The first-order valence-corrected chi connectivity index (χ1v) is 6.43. The van der Waals surface area contributed by atoms with E-state index in [1.54, 1.807) is 36.4 Å². The number of hydrazone groups is 1. The molecule has 2 aromatic rings. The Kier molecular flexibility index (Phi) is 4.66. The van der Waals surface area contributed by atoms with E-state index in [4.69, 9.17) is 0 Å². The lowest BCUT2D eigenvalue weighted by molar-refractivity contribution is 0.0955. The molecule has 0 fully saturated rings. The first-order chi connectivity index (χ1) is 10.1. The van der Waals surface area contributed by atoms with E-state index in [9.17, 15) is 9.18 Å². The number of anilines is 1. The molecule has 0 saturated heterocycles. The molecule has 0 atom stereocenters. The maximum absolute atomic E-state index is 13.4. The summed E-state index contributed by atoms with van der Waals surface area (Å²) in [6.45, 7) is 0. The van der Waals surface area contributed by atoms with Gasteiger partial charge in [0.1, 0.15) is 5.82 Å². The van der Waals surface area contributed by atoms with Gasteiger partial charge in [-0.05, 0) is 24.3 Å². The summed E-state index contributed by atoms with van der Waals surface area (Å²) in [4.78, 5) is 13.9. The number of halogens is 1. The predicted octanol–water partition coefficient (Wildman–Crippen LogP) is 2.66. The Morgan fingerprint density at radius 2 is 1.95 bits per heavy atom. The molecule has 1 amide bonds. The van der Waals surface area contributed by atoms with E-state index >= 15 is 0 Å². The molecule has 2 rings (SSSR count). The molecule has 0 bridgehead atoms. The molecule has 1 N–H and O–H groups in total. The fraction of sp³-hybridized carbons (Fsp3) is 0.125. The molecule has 4 nitrogen and oxygen atoms in total. The number of rotatable bonds is 4. The van der Waals surface area contributed by atoms with Gasteiger partial charge in [-0.2, -0.15) is 5.10 Å². The zero-order valence-corrected chi connectivity index (χ0v) is 11.9. The molecule has 0 spiro atoms. The third kappa shape index (κ3) is 3.89. The van der Waals surface area contributed by atoms with Gasteiger partial charge in [-0.25, -0.2) is 9.82 Å². The summed E-state index contributed by atoms with van der Waals surface area (Å²) in [7, 11) is 3.79. The molecule has 0 saturated carbocycles. The monoisotopic (exact) mass is 285 g/mol. The van der Waals surface area contributed by atoms with Crippen molar-refractivity contribution < 1.29 is 9.18 Å². The molecule has 0 aliphatic rings. The van der Waals surface area contributed by atoms with E-state index in [0.717, 1.165) is 5.69 Å². The van der Waals surface area contributed by atoms with Crippen molar-refractivity contribution in [2.24, 2.45) is 5.10 Å². The van der Waals surface area contributed by atoms with E-state index in [-0.39, 0.29) is 11.7 Å². The van der Waals surface area contributed by atoms with Crippen LogP contribution >= 0.6 is 0 Å². The molecular formula is C16H16FN3O. The van der Waals surface area contributed by atoms with Crippen LogP contribution < -0.4 is 10.3 Å². The van der Waals surface area contributed by atoms with E-state index < -0.39 is 0 Å². The number of hydrogen-bond acceptors (Lipinski definition) is 3. The van der Waals surface area contributed by atoms with Crippen molar-refractivity contribution >= 4 is 17.8 Å². The van der Waals surface area contributed by atoms with E-state index in [1.807, 2.05) is 25.1 Å². The van der Waals surface area contributed by atoms with E-state index in [0.29, 0.717) is 11.1 Å². The van der Waals surface area contributed by atoms with Crippen LogP contribution in [-0.4, -0.2) is 26.2 Å². The molecule has 0 unspecified atom stereocenters. The van der Waals surface area contributed by atoms with Gasteiger partial charge in [-0.1, -0.05) is 24.3 Å². The van der Waals surface area contributed by atoms with Gasteiger partial charge in [-0.3, -0.25) is 4.79 Å². The Bertz CT molecular complexity index is 668. The number of nitrogens with one attached hydrogen (secondary N) is 1. The zero-order chi connectivity index (χ0) is 15.2. The quantitative estimate of drug-likeness (QED) is 0.693.